The predicted octanol–water partition coefficient (Wildman–Crippen LogP) is 5.18. The average molecular weight is 445 g/mol. The first kappa shape index (κ1) is 21.3. The number of nitrogens with zero attached hydrogens (tertiary/aromatic N) is 3. The van der Waals surface area contributed by atoms with E-state index in [1.807, 2.05) is 37.3 Å². The lowest BCUT2D eigenvalue weighted by Gasteiger charge is -2.43. The summed E-state index contributed by atoms with van der Waals surface area (Å²) in [5.74, 6) is 1.12. The van der Waals surface area contributed by atoms with E-state index in [1.165, 1.54) is 6.26 Å². The second kappa shape index (κ2) is 8.41. The molecule has 4 aromatic rings. The molecule has 1 saturated heterocycles. The molecule has 2 aromatic carbocycles. The molecule has 170 valence electrons. The molecular formula is C26H28N4O3. The van der Waals surface area contributed by atoms with E-state index in [1.54, 1.807) is 6.20 Å². The van der Waals surface area contributed by atoms with E-state index in [0.717, 1.165) is 35.5 Å². The molecule has 1 N–H and O–H groups in total. The van der Waals surface area contributed by atoms with E-state index >= 15 is 0 Å². The van der Waals surface area contributed by atoms with Gasteiger partial charge in [0, 0.05) is 47.5 Å². The first-order chi connectivity index (χ1) is 15.9. The number of fused-ring (bicyclic) bond motifs is 1. The lowest BCUT2D eigenvalue weighted by Crippen LogP contribution is -2.55. The van der Waals surface area contributed by atoms with E-state index in [0.29, 0.717) is 34.8 Å². The third-order valence-corrected chi connectivity index (χ3v) is 6.54. The van der Waals surface area contributed by atoms with Crippen LogP contribution in [0.15, 0.2) is 63.8 Å². The molecule has 1 fully saturated rings. The number of nitrogens with one attached hydrogen (secondary N) is 1. The van der Waals surface area contributed by atoms with Gasteiger partial charge in [-0.3, -0.25) is 9.69 Å². The fourth-order valence-corrected chi connectivity index (χ4v) is 4.39. The third kappa shape index (κ3) is 4.12. The van der Waals surface area contributed by atoms with Crippen LogP contribution in [-0.2, 0) is 0 Å². The van der Waals surface area contributed by atoms with Crippen molar-refractivity contribution in [2.24, 2.45) is 0 Å². The van der Waals surface area contributed by atoms with Crippen molar-refractivity contribution in [1.82, 2.24) is 9.88 Å². The number of aryl methyl sites for hydroxylation is 1. The number of aromatic nitrogens is 1. The van der Waals surface area contributed by atoms with Crippen LogP contribution < -0.4 is 10.2 Å². The van der Waals surface area contributed by atoms with Crippen LogP contribution in [0.1, 0.15) is 30.0 Å². The Hall–Kier alpha value is -3.58. The molecule has 2 atom stereocenters. The molecule has 2 unspecified atom stereocenters. The topological polar surface area (TPSA) is 74.8 Å². The summed E-state index contributed by atoms with van der Waals surface area (Å²) in [5, 5.41) is 3.78. The van der Waals surface area contributed by atoms with Gasteiger partial charge in [0.1, 0.15) is 17.6 Å². The average Bonchev–Trinajstić information content (AvgIpc) is 3.43. The van der Waals surface area contributed by atoms with Gasteiger partial charge in [0.2, 0.25) is 5.89 Å². The molecule has 3 heterocycles. The van der Waals surface area contributed by atoms with Gasteiger partial charge in [-0.25, -0.2) is 4.98 Å². The highest BCUT2D eigenvalue weighted by molar-refractivity contribution is 6.12. The summed E-state index contributed by atoms with van der Waals surface area (Å²) in [6, 6.07) is 14.4. The lowest BCUT2D eigenvalue weighted by atomic mass is 10.1. The number of hydrogen-bond acceptors (Lipinski definition) is 6. The first-order valence-electron chi connectivity index (χ1n) is 11.2. The molecule has 0 bridgehead atoms. The number of amides is 1. The summed E-state index contributed by atoms with van der Waals surface area (Å²) >= 11 is 0. The Bertz CT molecular complexity index is 1280. The van der Waals surface area contributed by atoms with Gasteiger partial charge >= 0.3 is 0 Å². The zero-order valence-corrected chi connectivity index (χ0v) is 19.3. The van der Waals surface area contributed by atoms with Gasteiger partial charge < -0.3 is 19.1 Å². The van der Waals surface area contributed by atoms with E-state index < -0.39 is 0 Å². The van der Waals surface area contributed by atoms with Crippen LogP contribution in [0.3, 0.4) is 0 Å². The Morgan fingerprint density at radius 3 is 2.48 bits per heavy atom. The summed E-state index contributed by atoms with van der Waals surface area (Å²) in [6.45, 7) is 8.24. The highest BCUT2D eigenvalue weighted by Gasteiger charge is 2.27. The molecule has 0 spiro atoms. The second-order valence-corrected chi connectivity index (χ2v) is 8.91. The zero-order valence-electron chi connectivity index (χ0n) is 19.3. The quantitative estimate of drug-likeness (QED) is 0.468. The van der Waals surface area contributed by atoms with E-state index in [4.69, 9.17) is 8.83 Å². The molecule has 0 saturated carbocycles. The highest BCUT2D eigenvalue weighted by atomic mass is 16.4. The number of carbonyl (C=O) groups is 1. The Morgan fingerprint density at radius 1 is 1.09 bits per heavy atom. The van der Waals surface area contributed by atoms with Crippen molar-refractivity contribution in [2.45, 2.75) is 32.9 Å². The molecule has 1 amide bonds. The monoisotopic (exact) mass is 444 g/mol. The van der Waals surface area contributed by atoms with Crippen molar-refractivity contribution in [3.63, 3.8) is 0 Å². The van der Waals surface area contributed by atoms with Crippen molar-refractivity contribution in [1.29, 1.82) is 0 Å². The fraction of sp³-hybridized carbons (Fsp3) is 0.308. The Morgan fingerprint density at radius 2 is 1.82 bits per heavy atom. The number of carbonyl (C=O) groups excluding carboxylic acids is 1. The van der Waals surface area contributed by atoms with Crippen LogP contribution in [-0.4, -0.2) is 48.0 Å². The minimum Gasteiger partial charge on any atom is -0.463 e. The molecule has 0 aliphatic carbocycles. The SMILES string of the molecule is Cc1cnc(-c2ccc(NC(=O)c3coc4ccc(N5CC(C)N(C)C(C)C5)cc34)cc2)o1. The molecular weight excluding hydrogens is 416 g/mol. The van der Waals surface area contributed by atoms with Crippen molar-refractivity contribution in [3.05, 3.63) is 66.2 Å². The standard InChI is InChI=1S/C26H28N4O3/c1-16-13-30(14-17(2)29(16)4)21-9-10-24-22(11-21)23(15-32-24)25(31)28-20-7-5-19(6-8-20)26-27-12-18(3)33-26/h5-12,15-17H,13-14H2,1-4H3,(H,28,31). The number of anilines is 2. The minimum atomic E-state index is -0.203. The molecule has 1 aliphatic rings. The molecule has 0 radical (unpaired) electrons. The van der Waals surface area contributed by atoms with Crippen molar-refractivity contribution >= 4 is 28.3 Å². The van der Waals surface area contributed by atoms with Crippen LogP contribution in [0.2, 0.25) is 0 Å². The van der Waals surface area contributed by atoms with Crippen LogP contribution in [0.5, 0.6) is 0 Å². The summed E-state index contributed by atoms with van der Waals surface area (Å²) < 4.78 is 11.2. The van der Waals surface area contributed by atoms with Crippen LogP contribution >= 0.6 is 0 Å². The van der Waals surface area contributed by atoms with Crippen LogP contribution in [0, 0.1) is 6.92 Å². The van der Waals surface area contributed by atoms with Crippen molar-refractivity contribution in [2.75, 3.05) is 30.4 Å². The fourth-order valence-electron chi connectivity index (χ4n) is 4.39. The third-order valence-electron chi connectivity index (χ3n) is 6.54. The van der Waals surface area contributed by atoms with Crippen molar-refractivity contribution < 1.29 is 13.6 Å². The second-order valence-electron chi connectivity index (χ2n) is 8.91. The Balaban J connectivity index is 1.36. The van der Waals surface area contributed by atoms with Crippen LogP contribution in [0.25, 0.3) is 22.4 Å². The zero-order chi connectivity index (χ0) is 23.1. The van der Waals surface area contributed by atoms with E-state index in [9.17, 15) is 4.79 Å². The van der Waals surface area contributed by atoms with E-state index in [-0.39, 0.29) is 5.91 Å². The van der Waals surface area contributed by atoms with Gasteiger partial charge in [-0.2, -0.15) is 0 Å². The largest absolute Gasteiger partial charge is 0.463 e. The number of likely N-dealkylation sites (N-methyl/N-ethyl adjacent to an activating group) is 1. The maximum Gasteiger partial charge on any atom is 0.259 e. The minimum absolute atomic E-state index is 0.203. The van der Waals surface area contributed by atoms with Gasteiger partial charge in [0.15, 0.2) is 0 Å². The molecule has 7 nitrogen and oxygen atoms in total. The van der Waals surface area contributed by atoms with E-state index in [2.05, 4.69) is 53.1 Å². The number of oxazole rings is 1. The maximum atomic E-state index is 13.1. The molecule has 2 aromatic heterocycles. The highest BCUT2D eigenvalue weighted by Crippen LogP contribution is 2.29. The summed E-state index contributed by atoms with van der Waals surface area (Å²) in [5.41, 5.74) is 3.88. The predicted molar refractivity (Wildman–Crippen MR) is 130 cm³/mol. The number of benzene rings is 2. The van der Waals surface area contributed by atoms with Crippen molar-refractivity contribution in [3.8, 4) is 11.5 Å². The maximum absolute atomic E-state index is 13.1. The van der Waals surface area contributed by atoms with Gasteiger partial charge in [0.05, 0.1) is 11.8 Å². The van der Waals surface area contributed by atoms with Gasteiger partial charge in [0.25, 0.3) is 5.91 Å². The number of rotatable bonds is 4. The Labute approximate surface area is 193 Å². The van der Waals surface area contributed by atoms with Gasteiger partial charge in [-0.05, 0) is 70.3 Å². The first-order valence-corrected chi connectivity index (χ1v) is 11.2. The molecule has 5 rings (SSSR count). The number of furan rings is 1. The number of piperazine rings is 1. The summed E-state index contributed by atoms with van der Waals surface area (Å²) in [7, 11) is 2.17. The van der Waals surface area contributed by atoms with Gasteiger partial charge in [-0.15, -0.1) is 0 Å². The molecule has 1 aliphatic heterocycles. The summed E-state index contributed by atoms with van der Waals surface area (Å²) in [6.07, 6.45) is 3.22. The smallest absolute Gasteiger partial charge is 0.259 e. The lowest BCUT2D eigenvalue weighted by molar-refractivity contribution is 0.102. The normalized spacial score (nSPS) is 19.2. The Kier molecular flexibility index (Phi) is 5.42. The summed E-state index contributed by atoms with van der Waals surface area (Å²) in [4.78, 5) is 22.1. The molecule has 7 heteroatoms. The molecule has 33 heavy (non-hydrogen) atoms. The van der Waals surface area contributed by atoms with Gasteiger partial charge in [-0.1, -0.05) is 0 Å². The number of hydrogen-bond donors (Lipinski definition) is 1. The van der Waals surface area contributed by atoms with Crippen LogP contribution in [0.4, 0.5) is 11.4 Å².